The van der Waals surface area contributed by atoms with Gasteiger partial charge in [0.15, 0.2) is 0 Å². The molecule has 1 N–H and O–H groups in total. The van der Waals surface area contributed by atoms with Crippen molar-refractivity contribution < 1.29 is 9.53 Å². The average molecular weight is 435 g/mol. The van der Waals surface area contributed by atoms with Gasteiger partial charge in [-0.3, -0.25) is 9.78 Å². The van der Waals surface area contributed by atoms with E-state index in [-0.39, 0.29) is 11.9 Å². The van der Waals surface area contributed by atoms with Crippen molar-refractivity contribution in [2.45, 2.75) is 25.8 Å². The molecule has 1 aromatic heterocycles. The standard InChI is InChI=1S/C24H23ClN4O2/c1-2-31-20-6-3-16(4-7-20)24(30)29-11-9-19(10-12-29)28-23-17(14-26)15-27-22-8-5-18(25)13-21(22)23/h3-8,13,15,19H,2,9-12H2,1H3,(H,27,28). The normalized spacial score (nSPS) is 14.3. The molecule has 2 heterocycles. The Bertz CT molecular complexity index is 1130. The van der Waals surface area contributed by atoms with Crippen molar-refractivity contribution >= 4 is 34.1 Å². The van der Waals surface area contributed by atoms with Crippen molar-refractivity contribution in [2.75, 3.05) is 25.0 Å². The van der Waals surface area contributed by atoms with E-state index < -0.39 is 0 Å². The fraction of sp³-hybridized carbons (Fsp3) is 0.292. The number of aromatic nitrogens is 1. The summed E-state index contributed by atoms with van der Waals surface area (Å²) in [5.41, 5.74) is 2.69. The highest BCUT2D eigenvalue weighted by molar-refractivity contribution is 6.31. The van der Waals surface area contributed by atoms with Crippen LogP contribution < -0.4 is 10.1 Å². The van der Waals surface area contributed by atoms with Gasteiger partial charge in [-0.15, -0.1) is 0 Å². The number of hydrogen-bond donors (Lipinski definition) is 1. The average Bonchev–Trinajstić information content (AvgIpc) is 2.80. The van der Waals surface area contributed by atoms with Crippen molar-refractivity contribution in [1.29, 1.82) is 5.26 Å². The van der Waals surface area contributed by atoms with Gasteiger partial charge in [0.25, 0.3) is 5.91 Å². The zero-order chi connectivity index (χ0) is 21.8. The molecule has 2 aromatic carbocycles. The Balaban J connectivity index is 1.44. The number of fused-ring (bicyclic) bond motifs is 1. The molecular weight excluding hydrogens is 412 g/mol. The number of pyridine rings is 1. The fourth-order valence-electron chi connectivity index (χ4n) is 3.88. The minimum Gasteiger partial charge on any atom is -0.494 e. The number of nitrogens with zero attached hydrogens (tertiary/aromatic N) is 3. The van der Waals surface area contributed by atoms with Crippen LogP contribution in [0.3, 0.4) is 0 Å². The molecule has 0 unspecified atom stereocenters. The first kappa shape index (κ1) is 21.0. The number of carbonyl (C=O) groups is 1. The van der Waals surface area contributed by atoms with E-state index in [0.717, 1.165) is 35.2 Å². The molecule has 1 saturated heterocycles. The van der Waals surface area contributed by atoms with Gasteiger partial charge in [-0.25, -0.2) is 0 Å². The number of rotatable bonds is 5. The quantitative estimate of drug-likeness (QED) is 0.619. The lowest BCUT2D eigenvalue weighted by molar-refractivity contribution is 0.0718. The predicted molar refractivity (Wildman–Crippen MR) is 122 cm³/mol. The summed E-state index contributed by atoms with van der Waals surface area (Å²) in [5, 5.41) is 14.5. The van der Waals surface area contributed by atoms with Crippen LogP contribution in [0.5, 0.6) is 5.75 Å². The minimum atomic E-state index is 0.0281. The number of ether oxygens (including phenoxy) is 1. The number of benzene rings is 2. The number of nitriles is 1. The fourth-order valence-corrected chi connectivity index (χ4v) is 4.05. The van der Waals surface area contributed by atoms with Crippen LogP contribution in [0, 0.1) is 11.3 Å². The summed E-state index contributed by atoms with van der Waals surface area (Å²) in [6.45, 7) is 3.82. The number of halogens is 1. The van der Waals surface area contributed by atoms with E-state index in [1.165, 1.54) is 0 Å². The van der Waals surface area contributed by atoms with Crippen LogP contribution in [0.2, 0.25) is 5.02 Å². The topological polar surface area (TPSA) is 78.2 Å². The first-order chi connectivity index (χ1) is 15.1. The second-order valence-corrected chi connectivity index (χ2v) is 7.92. The molecule has 1 aliphatic rings. The largest absolute Gasteiger partial charge is 0.494 e. The molecule has 1 amide bonds. The lowest BCUT2D eigenvalue weighted by atomic mass is 10.0. The van der Waals surface area contributed by atoms with E-state index >= 15 is 0 Å². The lowest BCUT2D eigenvalue weighted by Crippen LogP contribution is -2.42. The van der Waals surface area contributed by atoms with Crippen molar-refractivity contribution in [3.8, 4) is 11.8 Å². The second-order valence-electron chi connectivity index (χ2n) is 7.49. The molecule has 1 aliphatic heterocycles. The Hall–Kier alpha value is -3.30. The summed E-state index contributed by atoms with van der Waals surface area (Å²) < 4.78 is 5.44. The maximum absolute atomic E-state index is 12.8. The van der Waals surface area contributed by atoms with Crippen molar-refractivity contribution in [3.05, 3.63) is 64.8 Å². The molecular formula is C24H23ClN4O2. The molecule has 0 spiro atoms. The predicted octanol–water partition coefficient (Wildman–Crippen LogP) is 4.88. The summed E-state index contributed by atoms with van der Waals surface area (Å²) in [6, 6.07) is 15.1. The molecule has 31 heavy (non-hydrogen) atoms. The first-order valence-corrected chi connectivity index (χ1v) is 10.7. The van der Waals surface area contributed by atoms with Gasteiger partial charge in [0, 0.05) is 41.3 Å². The van der Waals surface area contributed by atoms with Crippen LogP contribution in [0.1, 0.15) is 35.7 Å². The van der Waals surface area contributed by atoms with Gasteiger partial charge in [0.1, 0.15) is 11.8 Å². The number of nitrogens with one attached hydrogen (secondary N) is 1. The van der Waals surface area contributed by atoms with Crippen LogP contribution >= 0.6 is 11.6 Å². The molecule has 0 atom stereocenters. The van der Waals surface area contributed by atoms with Gasteiger partial charge in [-0.05, 0) is 62.2 Å². The van der Waals surface area contributed by atoms with Gasteiger partial charge < -0.3 is 15.0 Å². The summed E-state index contributed by atoms with van der Waals surface area (Å²) in [5.74, 6) is 0.792. The lowest BCUT2D eigenvalue weighted by Gasteiger charge is -2.33. The van der Waals surface area contributed by atoms with Gasteiger partial charge in [0.05, 0.1) is 23.4 Å². The Kier molecular flexibility index (Phi) is 6.24. The Morgan fingerprint density at radius 2 is 2.00 bits per heavy atom. The Labute approximate surface area is 186 Å². The van der Waals surface area contributed by atoms with Crippen molar-refractivity contribution in [3.63, 3.8) is 0 Å². The number of likely N-dealkylation sites (tertiary alicyclic amines) is 1. The van der Waals surface area contributed by atoms with Gasteiger partial charge in [-0.2, -0.15) is 5.26 Å². The van der Waals surface area contributed by atoms with E-state index in [9.17, 15) is 10.1 Å². The third kappa shape index (κ3) is 4.57. The summed E-state index contributed by atoms with van der Waals surface area (Å²) in [4.78, 5) is 19.1. The van der Waals surface area contributed by atoms with Gasteiger partial charge in [0.2, 0.25) is 0 Å². The van der Waals surface area contributed by atoms with Gasteiger partial charge in [-0.1, -0.05) is 11.6 Å². The highest BCUT2D eigenvalue weighted by atomic mass is 35.5. The maximum atomic E-state index is 12.8. The molecule has 0 radical (unpaired) electrons. The monoisotopic (exact) mass is 434 g/mol. The maximum Gasteiger partial charge on any atom is 0.253 e. The number of piperidine rings is 1. The van der Waals surface area contributed by atoms with Crippen LogP contribution in [-0.2, 0) is 0 Å². The van der Waals surface area contributed by atoms with E-state index in [1.807, 2.05) is 48.2 Å². The van der Waals surface area contributed by atoms with E-state index in [0.29, 0.717) is 35.8 Å². The van der Waals surface area contributed by atoms with E-state index in [4.69, 9.17) is 16.3 Å². The number of carbonyl (C=O) groups excluding carboxylic acids is 1. The van der Waals surface area contributed by atoms with Crippen molar-refractivity contribution in [2.24, 2.45) is 0 Å². The van der Waals surface area contributed by atoms with Crippen LogP contribution in [-0.4, -0.2) is 41.5 Å². The van der Waals surface area contributed by atoms with Crippen LogP contribution in [0.25, 0.3) is 10.9 Å². The Morgan fingerprint density at radius 1 is 1.26 bits per heavy atom. The SMILES string of the molecule is CCOc1ccc(C(=O)N2CCC(Nc3c(C#N)cnc4ccc(Cl)cc34)CC2)cc1. The summed E-state index contributed by atoms with van der Waals surface area (Å²) in [6.07, 6.45) is 3.17. The molecule has 0 bridgehead atoms. The zero-order valence-corrected chi connectivity index (χ0v) is 18.0. The highest BCUT2D eigenvalue weighted by Gasteiger charge is 2.25. The van der Waals surface area contributed by atoms with Crippen LogP contribution in [0.4, 0.5) is 5.69 Å². The molecule has 158 valence electrons. The third-order valence-electron chi connectivity index (χ3n) is 5.49. The smallest absolute Gasteiger partial charge is 0.253 e. The van der Waals surface area contributed by atoms with E-state index in [1.54, 1.807) is 12.3 Å². The minimum absolute atomic E-state index is 0.0281. The third-order valence-corrected chi connectivity index (χ3v) is 5.73. The first-order valence-electron chi connectivity index (χ1n) is 10.4. The summed E-state index contributed by atoms with van der Waals surface area (Å²) >= 11 is 6.18. The zero-order valence-electron chi connectivity index (χ0n) is 17.3. The van der Waals surface area contributed by atoms with E-state index in [2.05, 4.69) is 16.4 Å². The Morgan fingerprint density at radius 3 is 2.68 bits per heavy atom. The summed E-state index contributed by atoms with van der Waals surface area (Å²) in [7, 11) is 0. The molecule has 7 heteroatoms. The molecule has 0 aliphatic carbocycles. The van der Waals surface area contributed by atoms with Crippen molar-refractivity contribution in [1.82, 2.24) is 9.88 Å². The number of amides is 1. The molecule has 0 saturated carbocycles. The molecule has 1 fully saturated rings. The molecule has 4 rings (SSSR count). The number of anilines is 1. The van der Waals surface area contributed by atoms with Crippen LogP contribution in [0.15, 0.2) is 48.7 Å². The number of hydrogen-bond acceptors (Lipinski definition) is 5. The molecule has 6 nitrogen and oxygen atoms in total. The van der Waals surface area contributed by atoms with Gasteiger partial charge >= 0.3 is 0 Å². The highest BCUT2D eigenvalue weighted by Crippen LogP contribution is 2.30. The second kappa shape index (κ2) is 9.23. The molecule has 3 aromatic rings.